The van der Waals surface area contributed by atoms with Gasteiger partial charge in [0, 0.05) is 5.69 Å². The number of para-hydroxylation sites is 2. The number of hydrogen-bond donors (Lipinski definition) is 2. The normalized spacial score (nSPS) is 16.0. The first-order valence-electron chi connectivity index (χ1n) is 9.36. The van der Waals surface area contributed by atoms with Crippen molar-refractivity contribution < 1.29 is 24.2 Å². The first-order chi connectivity index (χ1) is 13.2. The fourth-order valence-electron chi connectivity index (χ4n) is 3.46. The number of piperazine rings is 1. The molecule has 1 atom stereocenters. The molecule has 0 amide bonds. The Bertz CT molecular complexity index is 680. The highest BCUT2D eigenvalue weighted by Crippen LogP contribution is 2.36. The van der Waals surface area contributed by atoms with Crippen molar-refractivity contribution in [3.63, 3.8) is 0 Å². The molecule has 2 aromatic rings. The molecule has 1 heterocycles. The van der Waals surface area contributed by atoms with Gasteiger partial charge < -0.3 is 29.1 Å². The van der Waals surface area contributed by atoms with Gasteiger partial charge in [0.05, 0.1) is 40.4 Å². The molecule has 146 valence electrons. The predicted octanol–water partition coefficient (Wildman–Crippen LogP) is 0.849. The summed E-state index contributed by atoms with van der Waals surface area (Å²) in [7, 11) is 3.18. The Morgan fingerprint density at radius 3 is 2.19 bits per heavy atom. The zero-order valence-electron chi connectivity index (χ0n) is 16.1. The van der Waals surface area contributed by atoms with Gasteiger partial charge in [0.2, 0.25) is 5.75 Å². The largest absolute Gasteiger partial charge is 0.493 e. The van der Waals surface area contributed by atoms with Crippen LogP contribution in [0.15, 0.2) is 48.5 Å². The molecule has 2 N–H and O–H groups in total. The maximum atomic E-state index is 10.4. The van der Waals surface area contributed by atoms with E-state index in [2.05, 4.69) is 29.2 Å². The van der Waals surface area contributed by atoms with E-state index in [0.29, 0.717) is 23.8 Å². The van der Waals surface area contributed by atoms with Gasteiger partial charge in [-0.1, -0.05) is 24.3 Å². The number of aliphatic hydroxyl groups is 1. The van der Waals surface area contributed by atoms with Gasteiger partial charge >= 0.3 is 0 Å². The third-order valence-corrected chi connectivity index (χ3v) is 4.92. The van der Waals surface area contributed by atoms with E-state index in [1.807, 2.05) is 24.3 Å². The topological polar surface area (TPSA) is 55.6 Å². The minimum atomic E-state index is -0.544. The zero-order valence-corrected chi connectivity index (χ0v) is 16.1. The molecule has 0 aliphatic carbocycles. The predicted molar refractivity (Wildman–Crippen MR) is 105 cm³/mol. The monoisotopic (exact) mass is 373 g/mol. The minimum Gasteiger partial charge on any atom is -0.493 e. The lowest BCUT2D eigenvalue weighted by Crippen LogP contribution is -3.16. The second kappa shape index (κ2) is 9.48. The van der Waals surface area contributed by atoms with E-state index >= 15 is 0 Å². The Hall–Kier alpha value is -2.44. The highest BCUT2D eigenvalue weighted by Gasteiger charge is 2.23. The van der Waals surface area contributed by atoms with Crippen molar-refractivity contribution in [2.24, 2.45) is 0 Å². The van der Waals surface area contributed by atoms with Crippen LogP contribution in [0.25, 0.3) is 0 Å². The second-order valence-electron chi connectivity index (χ2n) is 6.73. The van der Waals surface area contributed by atoms with E-state index in [-0.39, 0.29) is 6.61 Å². The van der Waals surface area contributed by atoms with Crippen LogP contribution in [-0.2, 0) is 0 Å². The quantitative estimate of drug-likeness (QED) is 0.719. The van der Waals surface area contributed by atoms with Crippen LogP contribution in [0.5, 0.6) is 17.2 Å². The van der Waals surface area contributed by atoms with Gasteiger partial charge in [0.25, 0.3) is 0 Å². The molecule has 0 spiro atoms. The summed E-state index contributed by atoms with van der Waals surface area (Å²) >= 11 is 0. The Balaban J connectivity index is 1.47. The first-order valence-corrected chi connectivity index (χ1v) is 9.36. The Morgan fingerprint density at radius 1 is 0.963 bits per heavy atom. The number of nitrogens with zero attached hydrogens (tertiary/aromatic N) is 1. The lowest BCUT2D eigenvalue weighted by atomic mass is 10.2. The fourth-order valence-corrected chi connectivity index (χ4v) is 3.46. The van der Waals surface area contributed by atoms with E-state index in [0.717, 1.165) is 26.2 Å². The third-order valence-electron chi connectivity index (χ3n) is 4.92. The number of methoxy groups -OCH3 is 2. The van der Waals surface area contributed by atoms with Crippen LogP contribution < -0.4 is 24.0 Å². The van der Waals surface area contributed by atoms with Crippen LogP contribution in [0.1, 0.15) is 0 Å². The van der Waals surface area contributed by atoms with Crippen molar-refractivity contribution in [3.8, 4) is 17.2 Å². The molecule has 1 saturated heterocycles. The highest BCUT2D eigenvalue weighted by molar-refractivity contribution is 5.51. The maximum absolute atomic E-state index is 10.4. The van der Waals surface area contributed by atoms with Crippen molar-refractivity contribution in [3.05, 3.63) is 48.5 Å². The number of anilines is 1. The Morgan fingerprint density at radius 2 is 1.59 bits per heavy atom. The van der Waals surface area contributed by atoms with Gasteiger partial charge in [-0.2, -0.15) is 0 Å². The van der Waals surface area contributed by atoms with Crippen molar-refractivity contribution in [1.29, 1.82) is 0 Å². The summed E-state index contributed by atoms with van der Waals surface area (Å²) < 4.78 is 16.5. The molecule has 6 nitrogen and oxygen atoms in total. The number of aliphatic hydroxyl groups excluding tert-OH is 1. The number of benzene rings is 2. The lowest BCUT2D eigenvalue weighted by molar-refractivity contribution is -0.903. The summed E-state index contributed by atoms with van der Waals surface area (Å²) in [4.78, 5) is 3.79. The van der Waals surface area contributed by atoms with Crippen molar-refractivity contribution in [2.75, 3.05) is 58.5 Å². The summed E-state index contributed by atoms with van der Waals surface area (Å²) in [5, 5.41) is 10.4. The second-order valence-corrected chi connectivity index (χ2v) is 6.73. The van der Waals surface area contributed by atoms with Gasteiger partial charge in [-0.3, -0.25) is 0 Å². The molecule has 1 fully saturated rings. The van der Waals surface area contributed by atoms with Crippen LogP contribution in [0, 0.1) is 0 Å². The van der Waals surface area contributed by atoms with Crippen LogP contribution >= 0.6 is 0 Å². The number of hydrogen-bond acceptors (Lipinski definition) is 5. The summed E-state index contributed by atoms with van der Waals surface area (Å²) in [6.07, 6.45) is -0.544. The Labute approximate surface area is 160 Å². The molecule has 0 radical (unpaired) electrons. The summed E-state index contributed by atoms with van der Waals surface area (Å²) in [5.41, 5.74) is 1.27. The van der Waals surface area contributed by atoms with Crippen molar-refractivity contribution in [2.45, 2.75) is 6.10 Å². The molecular weight excluding hydrogens is 344 g/mol. The summed E-state index contributed by atoms with van der Waals surface area (Å²) in [6, 6.07) is 16.0. The molecule has 27 heavy (non-hydrogen) atoms. The van der Waals surface area contributed by atoms with Crippen LogP contribution in [-0.4, -0.2) is 64.8 Å². The van der Waals surface area contributed by atoms with E-state index in [1.165, 1.54) is 10.6 Å². The van der Waals surface area contributed by atoms with E-state index in [4.69, 9.17) is 14.2 Å². The van der Waals surface area contributed by atoms with Gasteiger partial charge in [0.1, 0.15) is 19.3 Å². The molecule has 0 bridgehead atoms. The Kier molecular flexibility index (Phi) is 6.79. The third kappa shape index (κ3) is 5.05. The van der Waals surface area contributed by atoms with Gasteiger partial charge in [-0.25, -0.2) is 0 Å². The van der Waals surface area contributed by atoms with Gasteiger partial charge in [0.15, 0.2) is 11.5 Å². The van der Waals surface area contributed by atoms with Crippen molar-refractivity contribution >= 4 is 5.69 Å². The molecular formula is C21H29N2O4+. The van der Waals surface area contributed by atoms with E-state index in [9.17, 15) is 5.11 Å². The average Bonchev–Trinajstić information content (AvgIpc) is 2.73. The number of quaternary nitrogens is 1. The minimum absolute atomic E-state index is 0.211. The number of ether oxygens (including phenoxy) is 3. The molecule has 0 saturated carbocycles. The smallest absolute Gasteiger partial charge is 0.203 e. The lowest BCUT2D eigenvalue weighted by Gasteiger charge is -2.34. The number of rotatable bonds is 8. The maximum Gasteiger partial charge on any atom is 0.203 e. The van der Waals surface area contributed by atoms with Gasteiger partial charge in [-0.15, -0.1) is 0 Å². The van der Waals surface area contributed by atoms with E-state index < -0.39 is 6.10 Å². The molecule has 3 rings (SSSR count). The molecule has 6 heteroatoms. The molecule has 1 aliphatic rings. The standard InChI is InChI=1S/C21H28N2O4/c1-25-19-9-6-10-20(26-2)21(19)27-16-18(24)15-22-11-13-23(14-12-22)17-7-4-3-5-8-17/h3-10,18,24H,11-16H2,1-2H3/p+1/t18-/m0/s1. The number of nitrogens with one attached hydrogen (secondary N) is 1. The first kappa shape index (κ1) is 19.3. The van der Waals surface area contributed by atoms with Crippen LogP contribution in [0.4, 0.5) is 5.69 Å². The highest BCUT2D eigenvalue weighted by atomic mass is 16.5. The summed E-state index contributed by atoms with van der Waals surface area (Å²) in [5.74, 6) is 1.74. The van der Waals surface area contributed by atoms with E-state index in [1.54, 1.807) is 14.2 Å². The van der Waals surface area contributed by atoms with Crippen LogP contribution in [0.3, 0.4) is 0 Å². The molecule has 1 aliphatic heterocycles. The SMILES string of the molecule is COc1cccc(OC)c1OC[C@@H](O)C[NH+]1CCN(c2ccccc2)CC1. The molecule has 0 unspecified atom stereocenters. The average molecular weight is 373 g/mol. The molecule has 0 aromatic heterocycles. The molecule has 2 aromatic carbocycles. The van der Waals surface area contributed by atoms with Crippen molar-refractivity contribution in [1.82, 2.24) is 0 Å². The fraction of sp³-hybridized carbons (Fsp3) is 0.429. The summed E-state index contributed by atoms with van der Waals surface area (Å²) in [6.45, 7) is 4.87. The zero-order chi connectivity index (χ0) is 19.1. The van der Waals surface area contributed by atoms with Crippen LogP contribution in [0.2, 0.25) is 0 Å². The van der Waals surface area contributed by atoms with Gasteiger partial charge in [-0.05, 0) is 24.3 Å².